The topological polar surface area (TPSA) is 17.1 Å². The Morgan fingerprint density at radius 2 is 0.696 bits per heavy atom. The number of hydrogen-bond donors (Lipinski definition) is 0. The molecule has 0 heterocycles. The molecule has 3 aromatic carbocycles. The van der Waals surface area contributed by atoms with Gasteiger partial charge in [0.15, 0.2) is 0 Å². The van der Waals surface area contributed by atoms with E-state index in [2.05, 4.69) is 47.8 Å². The van der Waals surface area contributed by atoms with E-state index in [-0.39, 0.29) is 0 Å². The zero-order valence-corrected chi connectivity index (χ0v) is 18.6. The molecule has 23 heavy (non-hydrogen) atoms. The van der Waals surface area contributed by atoms with Crippen LogP contribution in [0.5, 0.6) is 0 Å². The van der Waals surface area contributed by atoms with Crippen LogP contribution in [-0.4, -0.2) is 13.5 Å². The van der Waals surface area contributed by atoms with Gasteiger partial charge in [-0.25, -0.2) is 0 Å². The van der Waals surface area contributed by atoms with Crippen LogP contribution < -0.4 is 13.1 Å². The maximum absolute atomic E-state index is 14.2. The molecule has 0 N–H and O–H groups in total. The van der Waals surface area contributed by atoms with Crippen LogP contribution in [0.25, 0.3) is 0 Å². The van der Waals surface area contributed by atoms with Gasteiger partial charge in [0.05, 0.1) is 0 Å². The van der Waals surface area contributed by atoms with Gasteiger partial charge in [-0.2, -0.15) is 0 Å². The summed E-state index contributed by atoms with van der Waals surface area (Å²) in [6.07, 6.45) is 0. The summed E-state index contributed by atoms with van der Waals surface area (Å²) in [7, 11) is 0. The number of halogens is 3. The van der Waals surface area contributed by atoms with Crippen LogP contribution in [-0.2, 0) is 3.74 Å². The van der Waals surface area contributed by atoms with E-state index in [1.54, 1.807) is 0 Å². The van der Waals surface area contributed by atoms with Crippen molar-refractivity contribution in [3.63, 3.8) is 0 Å². The fourth-order valence-corrected chi connectivity index (χ4v) is 8.65. The fourth-order valence-electron chi connectivity index (χ4n) is 2.40. The molecule has 3 aromatic rings. The van der Waals surface area contributed by atoms with Gasteiger partial charge in [0.1, 0.15) is 0 Å². The molecule has 1 nitrogen and oxygen atoms in total. The molecule has 0 aliphatic carbocycles. The van der Waals surface area contributed by atoms with Crippen molar-refractivity contribution in [3.05, 3.63) is 86.2 Å². The first-order valence-corrected chi connectivity index (χ1v) is 12.8. The Labute approximate surface area is 163 Å². The van der Waals surface area contributed by atoms with E-state index in [4.69, 9.17) is 0 Å². The van der Waals surface area contributed by atoms with Gasteiger partial charge in [-0.15, -0.1) is 0 Å². The maximum atomic E-state index is 14.2. The molecule has 0 aliphatic heterocycles. The molecule has 116 valence electrons. The molecule has 0 atom stereocenters. The predicted octanol–water partition coefficient (Wildman–Crippen LogP) is 4.37. The van der Waals surface area contributed by atoms with Gasteiger partial charge in [0, 0.05) is 0 Å². The SMILES string of the molecule is O=[As](c1ccc(Br)cc1)(c1ccc(Br)cc1)c1ccc(Br)cc1. The normalized spacial score (nSPS) is 11.4. The fraction of sp³-hybridized carbons (Fsp3) is 0. The second kappa shape index (κ2) is 7.14. The molecular formula is C18H12AsBr3O. The Kier molecular flexibility index (Phi) is 5.37. The van der Waals surface area contributed by atoms with Gasteiger partial charge in [-0.05, 0) is 0 Å². The molecule has 0 saturated carbocycles. The molecule has 0 saturated heterocycles. The first-order valence-electron chi connectivity index (χ1n) is 6.88. The quantitative estimate of drug-likeness (QED) is 0.437. The third kappa shape index (κ3) is 3.61. The summed E-state index contributed by atoms with van der Waals surface area (Å²) in [4.78, 5) is 0. The summed E-state index contributed by atoms with van der Waals surface area (Å²) in [5.41, 5.74) is 0. The first-order chi connectivity index (χ1) is 11.0. The third-order valence-corrected chi connectivity index (χ3v) is 11.6. The third-order valence-electron chi connectivity index (χ3n) is 3.57. The number of hydrogen-bond acceptors (Lipinski definition) is 1. The van der Waals surface area contributed by atoms with Crippen molar-refractivity contribution in [2.45, 2.75) is 0 Å². The van der Waals surface area contributed by atoms with E-state index in [0.717, 1.165) is 26.5 Å². The van der Waals surface area contributed by atoms with Gasteiger partial charge >= 0.3 is 164 Å². The average Bonchev–Trinajstić information content (AvgIpc) is 2.56. The van der Waals surface area contributed by atoms with E-state index < -0.39 is 13.5 Å². The summed E-state index contributed by atoms with van der Waals surface area (Å²) in [5, 5.41) is 0. The van der Waals surface area contributed by atoms with Crippen LogP contribution in [0.15, 0.2) is 86.2 Å². The molecule has 5 heteroatoms. The van der Waals surface area contributed by atoms with Gasteiger partial charge in [-0.1, -0.05) is 0 Å². The van der Waals surface area contributed by atoms with Crippen molar-refractivity contribution in [1.82, 2.24) is 0 Å². The number of rotatable bonds is 3. The Morgan fingerprint density at radius 1 is 0.478 bits per heavy atom. The molecule has 0 aromatic heterocycles. The second-order valence-electron chi connectivity index (χ2n) is 5.04. The summed E-state index contributed by atoms with van der Waals surface area (Å²) in [6.45, 7) is 0. The van der Waals surface area contributed by atoms with Crippen LogP contribution in [0.1, 0.15) is 0 Å². The zero-order chi connectivity index (χ0) is 16.4. The summed E-state index contributed by atoms with van der Waals surface area (Å²) in [6, 6.07) is 23.4. The monoisotopic (exact) mass is 556 g/mol. The van der Waals surface area contributed by atoms with Gasteiger partial charge < -0.3 is 0 Å². The van der Waals surface area contributed by atoms with Crippen molar-refractivity contribution >= 4 is 74.3 Å². The van der Waals surface area contributed by atoms with Crippen LogP contribution >= 0.6 is 47.8 Å². The molecule has 3 rings (SSSR count). The molecule has 0 bridgehead atoms. The zero-order valence-electron chi connectivity index (χ0n) is 11.9. The minimum absolute atomic E-state index is 0.885. The minimum atomic E-state index is -3.69. The van der Waals surface area contributed by atoms with E-state index in [1.807, 2.05) is 72.8 Å². The van der Waals surface area contributed by atoms with E-state index >= 15 is 0 Å². The van der Waals surface area contributed by atoms with Gasteiger partial charge in [-0.3, -0.25) is 0 Å². The Morgan fingerprint density at radius 3 is 0.913 bits per heavy atom. The van der Waals surface area contributed by atoms with Crippen LogP contribution in [0.2, 0.25) is 0 Å². The summed E-state index contributed by atoms with van der Waals surface area (Å²) < 4.78 is 19.8. The Bertz CT molecular complexity index is 739. The Balaban J connectivity index is 2.24. The van der Waals surface area contributed by atoms with E-state index in [0.29, 0.717) is 0 Å². The first kappa shape index (κ1) is 17.3. The molecule has 0 amide bonds. The van der Waals surface area contributed by atoms with Crippen molar-refractivity contribution in [2.75, 3.05) is 0 Å². The van der Waals surface area contributed by atoms with Crippen molar-refractivity contribution in [3.8, 4) is 0 Å². The molecular weight excluding hydrogens is 547 g/mol. The van der Waals surface area contributed by atoms with Crippen molar-refractivity contribution in [1.29, 1.82) is 0 Å². The molecule has 0 aliphatic rings. The number of benzene rings is 3. The average molecular weight is 559 g/mol. The Hall–Kier alpha value is -0.542. The van der Waals surface area contributed by atoms with Crippen LogP contribution in [0.3, 0.4) is 0 Å². The molecule has 0 spiro atoms. The molecule has 0 unspecified atom stereocenters. The summed E-state index contributed by atoms with van der Waals surface area (Å²) in [5.74, 6) is 0. The van der Waals surface area contributed by atoms with Gasteiger partial charge in [0.2, 0.25) is 0 Å². The predicted molar refractivity (Wildman–Crippen MR) is 108 cm³/mol. The van der Waals surface area contributed by atoms with Crippen molar-refractivity contribution < 1.29 is 3.74 Å². The van der Waals surface area contributed by atoms with Crippen molar-refractivity contribution in [2.24, 2.45) is 0 Å². The van der Waals surface area contributed by atoms with Gasteiger partial charge in [0.25, 0.3) is 0 Å². The molecule has 0 fully saturated rings. The van der Waals surface area contributed by atoms with E-state index in [9.17, 15) is 3.74 Å². The van der Waals surface area contributed by atoms with Crippen LogP contribution in [0.4, 0.5) is 0 Å². The standard InChI is InChI=1S/C18H12AsBr3O/c20-16-7-1-13(2-8-16)19(23,14-3-9-17(21)10-4-14)15-5-11-18(22)12-6-15/h1-12H. The summed E-state index contributed by atoms with van der Waals surface area (Å²) >= 11 is 6.66. The van der Waals surface area contributed by atoms with Crippen LogP contribution in [0, 0.1) is 0 Å². The molecule has 0 radical (unpaired) electrons. The van der Waals surface area contributed by atoms with E-state index in [1.165, 1.54) is 0 Å². The second-order valence-corrected chi connectivity index (χ2v) is 13.6.